The number of ether oxygens (including phenoxy) is 1. The van der Waals surface area contributed by atoms with E-state index in [2.05, 4.69) is 25.7 Å². The summed E-state index contributed by atoms with van der Waals surface area (Å²) in [7, 11) is 1.58. The number of nitrogens with zero attached hydrogens (tertiary/aromatic N) is 4. The molecule has 1 fully saturated rings. The Hall–Kier alpha value is -3.16. The predicted molar refractivity (Wildman–Crippen MR) is 94.5 cm³/mol. The Labute approximate surface area is 144 Å². The molecule has 1 aliphatic rings. The van der Waals surface area contributed by atoms with Crippen molar-refractivity contribution in [1.82, 2.24) is 19.7 Å². The molecule has 8 nitrogen and oxygen atoms in total. The van der Waals surface area contributed by atoms with Gasteiger partial charge in [-0.25, -0.2) is 14.6 Å². The lowest BCUT2D eigenvalue weighted by Crippen LogP contribution is -2.07. The topological polar surface area (TPSA) is 94.0 Å². The van der Waals surface area contributed by atoms with E-state index in [1.165, 1.54) is 30.8 Å². The standard InChI is InChI=1S/C17H18N6O2/c1-10(24)23-14-6-15(25-2)13(5-11(14)8-20-23)22-17-7-16(18-9-19-17)21-12-3-4-12/h5-9,12H,3-4H2,1-2H3,(H2,18,19,21,22). The number of carbonyl (C=O) groups is 1. The molecule has 0 aliphatic heterocycles. The highest BCUT2D eigenvalue weighted by Gasteiger charge is 2.21. The molecular weight excluding hydrogens is 320 g/mol. The van der Waals surface area contributed by atoms with Crippen LogP contribution in [0.5, 0.6) is 5.75 Å². The predicted octanol–water partition coefficient (Wildman–Crippen LogP) is 2.81. The summed E-state index contributed by atoms with van der Waals surface area (Å²) in [5.74, 6) is 1.91. The normalized spacial score (nSPS) is 13.7. The van der Waals surface area contributed by atoms with E-state index in [1.807, 2.05) is 12.1 Å². The summed E-state index contributed by atoms with van der Waals surface area (Å²) in [5.41, 5.74) is 1.45. The summed E-state index contributed by atoms with van der Waals surface area (Å²) in [6.07, 6.45) is 5.53. The van der Waals surface area contributed by atoms with E-state index in [-0.39, 0.29) is 5.91 Å². The number of aromatic nitrogens is 4. The van der Waals surface area contributed by atoms with E-state index in [4.69, 9.17) is 4.74 Å². The zero-order valence-electron chi connectivity index (χ0n) is 14.0. The highest BCUT2D eigenvalue weighted by atomic mass is 16.5. The van der Waals surface area contributed by atoms with Gasteiger partial charge in [-0.1, -0.05) is 0 Å². The van der Waals surface area contributed by atoms with Gasteiger partial charge in [0.25, 0.3) is 0 Å². The van der Waals surface area contributed by atoms with Crippen molar-refractivity contribution < 1.29 is 9.53 Å². The molecule has 8 heteroatoms. The summed E-state index contributed by atoms with van der Waals surface area (Å²) >= 11 is 0. The lowest BCUT2D eigenvalue weighted by molar-refractivity contribution is 0.0927. The number of anilines is 3. The first kappa shape index (κ1) is 15.4. The second-order valence-electron chi connectivity index (χ2n) is 6.02. The molecule has 4 rings (SSSR count). The second-order valence-corrected chi connectivity index (χ2v) is 6.02. The molecule has 2 N–H and O–H groups in total. The lowest BCUT2D eigenvalue weighted by Gasteiger charge is -2.12. The largest absolute Gasteiger partial charge is 0.494 e. The van der Waals surface area contributed by atoms with Crippen LogP contribution < -0.4 is 15.4 Å². The summed E-state index contributed by atoms with van der Waals surface area (Å²) in [6, 6.07) is 6.06. The van der Waals surface area contributed by atoms with Gasteiger partial charge in [-0.15, -0.1) is 0 Å². The fourth-order valence-electron chi connectivity index (χ4n) is 2.65. The number of benzene rings is 1. The fraction of sp³-hybridized carbons (Fsp3) is 0.294. The molecule has 1 aromatic carbocycles. The molecule has 2 aromatic heterocycles. The second kappa shape index (κ2) is 6.04. The molecule has 0 unspecified atom stereocenters. The van der Waals surface area contributed by atoms with Crippen LogP contribution in [0.4, 0.5) is 17.3 Å². The van der Waals surface area contributed by atoms with Crippen molar-refractivity contribution in [2.75, 3.05) is 17.7 Å². The zero-order chi connectivity index (χ0) is 17.4. The monoisotopic (exact) mass is 338 g/mol. The van der Waals surface area contributed by atoms with E-state index in [9.17, 15) is 4.79 Å². The third-order valence-electron chi connectivity index (χ3n) is 4.05. The first-order valence-electron chi connectivity index (χ1n) is 8.06. The van der Waals surface area contributed by atoms with Crippen LogP contribution in [-0.4, -0.2) is 38.8 Å². The van der Waals surface area contributed by atoms with Crippen LogP contribution in [0.15, 0.2) is 30.7 Å². The van der Waals surface area contributed by atoms with Crippen LogP contribution in [0.2, 0.25) is 0 Å². The van der Waals surface area contributed by atoms with Crippen molar-refractivity contribution in [1.29, 1.82) is 0 Å². The third-order valence-corrected chi connectivity index (χ3v) is 4.05. The Bertz CT molecular complexity index is 947. The number of fused-ring (bicyclic) bond motifs is 1. The number of hydrogen-bond acceptors (Lipinski definition) is 7. The quantitative estimate of drug-likeness (QED) is 0.738. The van der Waals surface area contributed by atoms with Crippen LogP contribution in [0, 0.1) is 0 Å². The molecule has 0 radical (unpaired) electrons. The average molecular weight is 338 g/mol. The Morgan fingerprint density at radius 1 is 1.24 bits per heavy atom. The molecule has 3 aromatic rings. The first-order chi connectivity index (χ1) is 12.1. The molecule has 0 atom stereocenters. The minimum Gasteiger partial charge on any atom is -0.494 e. The Balaban J connectivity index is 1.67. The van der Waals surface area contributed by atoms with Crippen molar-refractivity contribution in [2.45, 2.75) is 25.8 Å². The van der Waals surface area contributed by atoms with Crippen molar-refractivity contribution in [3.8, 4) is 5.75 Å². The van der Waals surface area contributed by atoms with Gasteiger partial charge in [0.05, 0.1) is 24.5 Å². The minimum atomic E-state index is -0.149. The van der Waals surface area contributed by atoms with Crippen molar-refractivity contribution >= 4 is 34.1 Å². The van der Waals surface area contributed by atoms with Crippen molar-refractivity contribution in [3.63, 3.8) is 0 Å². The molecule has 25 heavy (non-hydrogen) atoms. The van der Waals surface area contributed by atoms with E-state index >= 15 is 0 Å². The van der Waals surface area contributed by atoms with E-state index in [0.29, 0.717) is 23.1 Å². The molecule has 1 aliphatic carbocycles. The number of nitrogens with one attached hydrogen (secondary N) is 2. The minimum absolute atomic E-state index is 0.149. The maximum absolute atomic E-state index is 11.6. The smallest absolute Gasteiger partial charge is 0.244 e. The maximum atomic E-state index is 11.6. The highest BCUT2D eigenvalue weighted by molar-refractivity contribution is 5.93. The van der Waals surface area contributed by atoms with Crippen molar-refractivity contribution in [3.05, 3.63) is 30.7 Å². The molecule has 0 saturated heterocycles. The van der Waals surface area contributed by atoms with Gasteiger partial charge in [0, 0.05) is 30.5 Å². The summed E-state index contributed by atoms with van der Waals surface area (Å²) in [6.45, 7) is 1.47. The Morgan fingerprint density at radius 2 is 2.04 bits per heavy atom. The van der Waals surface area contributed by atoms with Gasteiger partial charge >= 0.3 is 0 Å². The van der Waals surface area contributed by atoms with Gasteiger partial charge in [-0.2, -0.15) is 5.10 Å². The van der Waals surface area contributed by atoms with Gasteiger partial charge in [0.15, 0.2) is 0 Å². The SMILES string of the molecule is COc1cc2c(cnn2C(C)=O)cc1Nc1cc(NC2CC2)ncn1. The highest BCUT2D eigenvalue weighted by Crippen LogP contribution is 2.32. The maximum Gasteiger partial charge on any atom is 0.244 e. The average Bonchev–Trinajstić information content (AvgIpc) is 3.31. The summed E-state index contributed by atoms with van der Waals surface area (Å²) < 4.78 is 6.81. The van der Waals surface area contributed by atoms with Crippen LogP contribution in [-0.2, 0) is 0 Å². The lowest BCUT2D eigenvalue weighted by atomic mass is 10.2. The molecular formula is C17H18N6O2. The van der Waals surface area contributed by atoms with E-state index < -0.39 is 0 Å². The first-order valence-corrected chi connectivity index (χ1v) is 8.06. The molecule has 0 amide bonds. The Morgan fingerprint density at radius 3 is 2.76 bits per heavy atom. The number of rotatable bonds is 5. The van der Waals surface area contributed by atoms with Gasteiger partial charge in [0.2, 0.25) is 5.91 Å². The van der Waals surface area contributed by atoms with E-state index in [0.717, 1.165) is 16.9 Å². The Kier molecular flexibility index (Phi) is 3.72. The number of hydrogen-bond donors (Lipinski definition) is 2. The molecule has 0 bridgehead atoms. The third kappa shape index (κ3) is 3.10. The van der Waals surface area contributed by atoms with Gasteiger partial charge in [-0.05, 0) is 18.9 Å². The van der Waals surface area contributed by atoms with Crippen LogP contribution in [0.3, 0.4) is 0 Å². The molecule has 128 valence electrons. The summed E-state index contributed by atoms with van der Waals surface area (Å²) in [4.78, 5) is 20.1. The number of carbonyl (C=O) groups excluding carboxylic acids is 1. The summed E-state index contributed by atoms with van der Waals surface area (Å²) in [5, 5.41) is 11.6. The van der Waals surface area contributed by atoms with Gasteiger partial charge < -0.3 is 15.4 Å². The fourth-order valence-corrected chi connectivity index (χ4v) is 2.65. The number of methoxy groups -OCH3 is 1. The van der Waals surface area contributed by atoms with E-state index in [1.54, 1.807) is 19.4 Å². The molecule has 0 spiro atoms. The molecule has 1 saturated carbocycles. The van der Waals surface area contributed by atoms with Gasteiger partial charge in [0.1, 0.15) is 23.7 Å². The van der Waals surface area contributed by atoms with Crippen molar-refractivity contribution in [2.24, 2.45) is 0 Å². The van der Waals surface area contributed by atoms with Crippen LogP contribution >= 0.6 is 0 Å². The van der Waals surface area contributed by atoms with Crippen LogP contribution in [0.25, 0.3) is 10.9 Å². The van der Waals surface area contributed by atoms with Crippen LogP contribution in [0.1, 0.15) is 24.6 Å². The molecule has 2 heterocycles. The van der Waals surface area contributed by atoms with Gasteiger partial charge in [-0.3, -0.25) is 4.79 Å². The zero-order valence-corrected chi connectivity index (χ0v) is 14.0.